The van der Waals surface area contributed by atoms with E-state index in [2.05, 4.69) is 31.8 Å². The maximum atomic E-state index is 6.18. The van der Waals surface area contributed by atoms with E-state index in [1.807, 2.05) is 30.3 Å². The summed E-state index contributed by atoms with van der Waals surface area (Å²) < 4.78 is 0. The molecule has 0 saturated carbocycles. The van der Waals surface area contributed by atoms with Crippen LogP contribution < -0.4 is 5.73 Å². The number of hydrogen-bond donors (Lipinski definition) is 1. The first-order chi connectivity index (χ1) is 10.5. The fourth-order valence-corrected chi connectivity index (χ4v) is 2.48. The minimum Gasteiger partial charge on any atom is -0.399 e. The standard InChI is InChI=1S/C15H13ClN2.C4H10/c16-14-9-12(17)6-5-10(14)7-13-8-11-3-1-2-4-15(11)18-13;1-4(2)3/h1-6,9H,7-8,17H2;4H,1-3H3. The molecule has 116 valence electrons. The molecule has 0 radical (unpaired) electrons. The average molecular weight is 315 g/mol. The number of aliphatic imine (C=N–C) groups is 1. The number of anilines is 1. The number of hydrogen-bond acceptors (Lipinski definition) is 2. The Balaban J connectivity index is 0.000000396. The van der Waals surface area contributed by atoms with Gasteiger partial charge in [0.2, 0.25) is 0 Å². The zero-order valence-corrected chi connectivity index (χ0v) is 14.2. The Labute approximate surface area is 138 Å². The molecule has 1 aliphatic heterocycles. The predicted octanol–water partition coefficient (Wildman–Crippen LogP) is 5.46. The van der Waals surface area contributed by atoms with Gasteiger partial charge < -0.3 is 5.73 Å². The summed E-state index contributed by atoms with van der Waals surface area (Å²) in [5.74, 6) is 0.833. The van der Waals surface area contributed by atoms with E-state index in [1.165, 1.54) is 5.56 Å². The number of nitrogens with two attached hydrogens (primary N) is 1. The van der Waals surface area contributed by atoms with Crippen LogP contribution in [-0.4, -0.2) is 5.71 Å². The van der Waals surface area contributed by atoms with Gasteiger partial charge in [-0.15, -0.1) is 0 Å². The minimum absolute atomic E-state index is 0.695. The summed E-state index contributed by atoms with van der Waals surface area (Å²) >= 11 is 6.18. The van der Waals surface area contributed by atoms with Crippen LogP contribution in [0, 0.1) is 5.92 Å². The highest BCUT2D eigenvalue weighted by Crippen LogP contribution is 2.28. The van der Waals surface area contributed by atoms with Crippen LogP contribution in [-0.2, 0) is 12.8 Å². The third kappa shape index (κ3) is 4.60. The van der Waals surface area contributed by atoms with Gasteiger partial charge in [-0.05, 0) is 35.2 Å². The van der Waals surface area contributed by atoms with E-state index < -0.39 is 0 Å². The van der Waals surface area contributed by atoms with Crippen LogP contribution in [0.15, 0.2) is 47.5 Å². The quantitative estimate of drug-likeness (QED) is 0.735. The molecular weight excluding hydrogens is 292 g/mol. The second-order valence-electron chi connectivity index (χ2n) is 6.24. The van der Waals surface area contributed by atoms with Crippen molar-refractivity contribution in [1.82, 2.24) is 0 Å². The second kappa shape index (κ2) is 7.46. The molecule has 1 heterocycles. The molecule has 2 nitrogen and oxygen atoms in total. The van der Waals surface area contributed by atoms with Crippen LogP contribution in [0.1, 0.15) is 31.9 Å². The summed E-state index contributed by atoms with van der Waals surface area (Å²) in [6.07, 6.45) is 1.70. The van der Waals surface area contributed by atoms with Gasteiger partial charge in [-0.1, -0.05) is 56.6 Å². The van der Waals surface area contributed by atoms with E-state index in [9.17, 15) is 0 Å². The molecule has 0 atom stereocenters. The monoisotopic (exact) mass is 314 g/mol. The lowest BCUT2D eigenvalue weighted by atomic mass is 10.0. The summed E-state index contributed by atoms with van der Waals surface area (Å²) in [5, 5.41) is 0.716. The summed E-state index contributed by atoms with van der Waals surface area (Å²) in [7, 11) is 0. The Morgan fingerprint density at radius 2 is 1.82 bits per heavy atom. The third-order valence-corrected chi connectivity index (χ3v) is 3.49. The zero-order chi connectivity index (χ0) is 16.1. The van der Waals surface area contributed by atoms with Crippen molar-refractivity contribution in [1.29, 1.82) is 0 Å². The van der Waals surface area contributed by atoms with Crippen LogP contribution >= 0.6 is 11.6 Å². The van der Waals surface area contributed by atoms with Crippen molar-refractivity contribution in [2.45, 2.75) is 33.6 Å². The van der Waals surface area contributed by atoms with Gasteiger partial charge in [-0.2, -0.15) is 0 Å². The van der Waals surface area contributed by atoms with Gasteiger partial charge >= 0.3 is 0 Å². The summed E-state index contributed by atoms with van der Waals surface area (Å²) in [4.78, 5) is 4.64. The molecule has 0 saturated heterocycles. The molecule has 0 aromatic heterocycles. The number of nitrogen functional groups attached to an aromatic ring is 1. The molecule has 1 aliphatic rings. The van der Waals surface area contributed by atoms with Crippen molar-refractivity contribution in [2.24, 2.45) is 10.9 Å². The van der Waals surface area contributed by atoms with E-state index in [0.717, 1.165) is 35.7 Å². The van der Waals surface area contributed by atoms with Crippen molar-refractivity contribution < 1.29 is 0 Å². The minimum atomic E-state index is 0.695. The molecule has 2 aromatic rings. The number of nitrogens with zero attached hydrogens (tertiary/aromatic N) is 1. The Bertz CT molecular complexity index is 672. The van der Waals surface area contributed by atoms with Crippen LogP contribution in [0.4, 0.5) is 11.4 Å². The van der Waals surface area contributed by atoms with Crippen LogP contribution in [0.3, 0.4) is 0 Å². The van der Waals surface area contributed by atoms with Crippen molar-refractivity contribution in [3.05, 3.63) is 58.6 Å². The normalized spacial score (nSPS) is 12.5. The van der Waals surface area contributed by atoms with Crippen LogP contribution in [0.5, 0.6) is 0 Å². The van der Waals surface area contributed by atoms with E-state index in [-0.39, 0.29) is 0 Å². The largest absolute Gasteiger partial charge is 0.399 e. The molecule has 0 aliphatic carbocycles. The van der Waals surface area contributed by atoms with Crippen molar-refractivity contribution in [3.8, 4) is 0 Å². The van der Waals surface area contributed by atoms with E-state index in [0.29, 0.717) is 10.7 Å². The average Bonchev–Trinajstić information content (AvgIpc) is 2.83. The first-order valence-corrected chi connectivity index (χ1v) is 8.01. The fourth-order valence-electron chi connectivity index (χ4n) is 2.23. The lowest BCUT2D eigenvalue weighted by Gasteiger charge is -2.04. The maximum absolute atomic E-state index is 6.18. The molecule has 2 N–H and O–H groups in total. The lowest BCUT2D eigenvalue weighted by molar-refractivity contribution is 0.737. The Kier molecular flexibility index (Phi) is 5.62. The van der Waals surface area contributed by atoms with Gasteiger partial charge in [0.15, 0.2) is 0 Å². The summed E-state index contributed by atoms with van der Waals surface area (Å²) in [6.45, 7) is 6.50. The van der Waals surface area contributed by atoms with Crippen molar-refractivity contribution in [2.75, 3.05) is 5.73 Å². The SMILES string of the molecule is CC(C)C.Nc1ccc(CC2=Nc3ccccc3C2)c(Cl)c1. The Morgan fingerprint density at radius 1 is 1.14 bits per heavy atom. The number of halogens is 1. The van der Waals surface area contributed by atoms with Gasteiger partial charge in [0.05, 0.1) is 5.69 Å². The molecule has 0 unspecified atom stereocenters. The summed E-state index contributed by atoms with van der Waals surface area (Å²) in [6, 6.07) is 13.9. The fraction of sp³-hybridized carbons (Fsp3) is 0.316. The van der Waals surface area contributed by atoms with E-state index >= 15 is 0 Å². The third-order valence-electron chi connectivity index (χ3n) is 3.14. The van der Waals surface area contributed by atoms with Gasteiger partial charge in [0, 0.05) is 29.3 Å². The molecule has 22 heavy (non-hydrogen) atoms. The first kappa shape index (κ1) is 16.6. The molecule has 3 rings (SSSR count). The van der Waals surface area contributed by atoms with Gasteiger partial charge in [-0.25, -0.2) is 0 Å². The molecule has 0 amide bonds. The Hall–Kier alpha value is -1.80. The number of benzene rings is 2. The summed E-state index contributed by atoms with van der Waals surface area (Å²) in [5.41, 5.74) is 11.0. The van der Waals surface area contributed by atoms with Crippen molar-refractivity contribution in [3.63, 3.8) is 0 Å². The molecule has 0 fully saturated rings. The van der Waals surface area contributed by atoms with Gasteiger partial charge in [0.25, 0.3) is 0 Å². The zero-order valence-electron chi connectivity index (χ0n) is 13.4. The Morgan fingerprint density at radius 3 is 2.45 bits per heavy atom. The molecular formula is C19H23ClN2. The first-order valence-electron chi connectivity index (χ1n) is 7.64. The topological polar surface area (TPSA) is 38.4 Å². The number of para-hydroxylation sites is 1. The number of rotatable bonds is 2. The van der Waals surface area contributed by atoms with Gasteiger partial charge in [0.1, 0.15) is 0 Å². The molecule has 0 spiro atoms. The molecule has 0 bridgehead atoms. The highest BCUT2D eigenvalue weighted by Gasteiger charge is 2.15. The smallest absolute Gasteiger partial charge is 0.0665 e. The van der Waals surface area contributed by atoms with Gasteiger partial charge in [-0.3, -0.25) is 4.99 Å². The second-order valence-corrected chi connectivity index (χ2v) is 6.65. The van der Waals surface area contributed by atoms with Crippen LogP contribution in [0.25, 0.3) is 0 Å². The van der Waals surface area contributed by atoms with Crippen molar-refractivity contribution >= 4 is 28.7 Å². The molecule has 3 heteroatoms. The number of fused-ring (bicyclic) bond motifs is 1. The van der Waals surface area contributed by atoms with E-state index in [4.69, 9.17) is 17.3 Å². The predicted molar refractivity (Wildman–Crippen MR) is 97.3 cm³/mol. The lowest BCUT2D eigenvalue weighted by Crippen LogP contribution is -2.03. The molecule has 2 aromatic carbocycles. The maximum Gasteiger partial charge on any atom is 0.0665 e. The highest BCUT2D eigenvalue weighted by molar-refractivity contribution is 6.31. The highest BCUT2D eigenvalue weighted by atomic mass is 35.5. The van der Waals surface area contributed by atoms with E-state index in [1.54, 1.807) is 6.07 Å². The van der Waals surface area contributed by atoms with Crippen LogP contribution in [0.2, 0.25) is 5.02 Å².